The van der Waals surface area contributed by atoms with Crippen molar-refractivity contribution in [2.24, 2.45) is 0 Å². The molecule has 5 rings (SSSR count). The molecule has 0 atom stereocenters. The van der Waals surface area contributed by atoms with E-state index in [-0.39, 0.29) is 0 Å². The molecule has 0 spiro atoms. The highest BCUT2D eigenvalue weighted by molar-refractivity contribution is 6.30. The molecule has 1 fully saturated rings. The van der Waals surface area contributed by atoms with Crippen LogP contribution in [0.15, 0.2) is 48.8 Å². The van der Waals surface area contributed by atoms with Gasteiger partial charge in [-0.25, -0.2) is 15.0 Å². The van der Waals surface area contributed by atoms with E-state index in [1.165, 1.54) is 11.1 Å². The molecule has 154 valence electrons. The van der Waals surface area contributed by atoms with Crippen molar-refractivity contribution in [3.63, 3.8) is 0 Å². The topological polar surface area (TPSA) is 54.4 Å². The summed E-state index contributed by atoms with van der Waals surface area (Å²) in [5.74, 6) is 1.80. The summed E-state index contributed by atoms with van der Waals surface area (Å²) in [7, 11) is 0. The number of anilines is 1. The highest BCUT2D eigenvalue weighted by atomic mass is 35.5. The maximum Gasteiger partial charge on any atom is 0.159 e. The van der Waals surface area contributed by atoms with Crippen LogP contribution in [0.5, 0.6) is 0 Å². The molecule has 0 amide bonds. The Bertz CT molecular complexity index is 1000. The summed E-state index contributed by atoms with van der Waals surface area (Å²) in [6.45, 7) is 6.10. The van der Waals surface area contributed by atoms with E-state index in [2.05, 4.69) is 31.9 Å². The smallest absolute Gasteiger partial charge is 0.159 e. The molecular weight excluding hydrogens is 398 g/mol. The fourth-order valence-corrected chi connectivity index (χ4v) is 4.12. The van der Waals surface area contributed by atoms with Crippen molar-refractivity contribution in [2.45, 2.75) is 19.5 Å². The lowest BCUT2D eigenvalue weighted by molar-refractivity contribution is 0.122. The number of hydrogen-bond acceptors (Lipinski definition) is 6. The Hall–Kier alpha value is -2.54. The Morgan fingerprint density at radius 2 is 1.77 bits per heavy atom. The Morgan fingerprint density at radius 1 is 0.933 bits per heavy atom. The van der Waals surface area contributed by atoms with Crippen LogP contribution < -0.4 is 4.90 Å². The van der Waals surface area contributed by atoms with Gasteiger partial charge in [0.2, 0.25) is 0 Å². The van der Waals surface area contributed by atoms with Gasteiger partial charge in [-0.15, -0.1) is 0 Å². The molecule has 2 aromatic heterocycles. The van der Waals surface area contributed by atoms with Crippen LogP contribution in [0.4, 0.5) is 5.82 Å². The number of nitrogens with zero attached hydrogens (tertiary/aromatic N) is 5. The van der Waals surface area contributed by atoms with E-state index in [1.807, 2.05) is 36.7 Å². The number of aromatic nitrogens is 3. The molecule has 0 saturated carbocycles. The zero-order chi connectivity index (χ0) is 20.3. The largest absolute Gasteiger partial charge is 0.378 e. The first-order valence-electron chi connectivity index (χ1n) is 10.4. The van der Waals surface area contributed by atoms with Crippen LogP contribution in [0.2, 0.25) is 5.02 Å². The summed E-state index contributed by atoms with van der Waals surface area (Å²) < 4.78 is 5.42. The number of pyridine rings is 1. The predicted octanol–water partition coefficient (Wildman–Crippen LogP) is 3.59. The van der Waals surface area contributed by atoms with Crippen LogP contribution in [-0.4, -0.2) is 52.7 Å². The molecule has 2 aliphatic heterocycles. The average molecular weight is 422 g/mol. The first-order chi connectivity index (χ1) is 14.7. The number of fused-ring (bicyclic) bond motifs is 1. The van der Waals surface area contributed by atoms with Crippen LogP contribution in [0.3, 0.4) is 0 Å². The van der Waals surface area contributed by atoms with E-state index in [1.54, 1.807) is 0 Å². The van der Waals surface area contributed by atoms with Gasteiger partial charge in [0.05, 0.1) is 18.9 Å². The highest BCUT2D eigenvalue weighted by Gasteiger charge is 2.19. The monoisotopic (exact) mass is 421 g/mol. The molecule has 0 bridgehead atoms. The minimum absolute atomic E-state index is 0.722. The van der Waals surface area contributed by atoms with Crippen molar-refractivity contribution in [1.82, 2.24) is 19.9 Å². The normalized spacial score (nSPS) is 17.0. The molecule has 7 heteroatoms. The molecule has 0 aliphatic carbocycles. The minimum atomic E-state index is 0.722. The van der Waals surface area contributed by atoms with Gasteiger partial charge < -0.3 is 9.64 Å². The Balaban J connectivity index is 1.24. The lowest BCUT2D eigenvalue weighted by atomic mass is 10.1. The van der Waals surface area contributed by atoms with Crippen LogP contribution in [0.1, 0.15) is 16.8 Å². The molecule has 3 aromatic rings. The van der Waals surface area contributed by atoms with E-state index >= 15 is 0 Å². The third kappa shape index (κ3) is 4.31. The molecular formula is C23H24ClN5O. The quantitative estimate of drug-likeness (QED) is 0.641. The van der Waals surface area contributed by atoms with Gasteiger partial charge in [-0.3, -0.25) is 4.90 Å². The van der Waals surface area contributed by atoms with Crippen molar-refractivity contribution >= 4 is 17.4 Å². The van der Waals surface area contributed by atoms with Gasteiger partial charge in [-0.1, -0.05) is 17.7 Å². The van der Waals surface area contributed by atoms with E-state index in [9.17, 15) is 0 Å². The second-order valence-corrected chi connectivity index (χ2v) is 8.19. The van der Waals surface area contributed by atoms with E-state index in [0.29, 0.717) is 0 Å². The second kappa shape index (κ2) is 8.68. The Labute approximate surface area is 181 Å². The van der Waals surface area contributed by atoms with Gasteiger partial charge in [0.1, 0.15) is 5.82 Å². The summed E-state index contributed by atoms with van der Waals surface area (Å²) in [4.78, 5) is 18.8. The number of benzene rings is 1. The summed E-state index contributed by atoms with van der Waals surface area (Å²) >= 11 is 5.99. The lowest BCUT2D eigenvalue weighted by Gasteiger charge is -2.29. The third-order valence-electron chi connectivity index (χ3n) is 5.67. The number of halogens is 1. The maximum atomic E-state index is 5.99. The minimum Gasteiger partial charge on any atom is -0.378 e. The zero-order valence-electron chi connectivity index (χ0n) is 16.8. The van der Waals surface area contributed by atoms with Crippen LogP contribution in [0.25, 0.3) is 11.4 Å². The fraction of sp³-hybridized carbons (Fsp3) is 0.348. The van der Waals surface area contributed by atoms with Gasteiger partial charge >= 0.3 is 0 Å². The first-order valence-corrected chi connectivity index (χ1v) is 10.7. The van der Waals surface area contributed by atoms with E-state index in [0.717, 1.165) is 80.3 Å². The first kappa shape index (κ1) is 19.4. The van der Waals surface area contributed by atoms with Crippen molar-refractivity contribution in [3.8, 4) is 11.4 Å². The number of ether oxygens (including phenoxy) is 1. The van der Waals surface area contributed by atoms with Gasteiger partial charge in [-0.05, 0) is 35.9 Å². The van der Waals surface area contributed by atoms with Crippen molar-refractivity contribution in [1.29, 1.82) is 0 Å². The molecule has 1 saturated heterocycles. The zero-order valence-corrected chi connectivity index (χ0v) is 17.6. The summed E-state index contributed by atoms with van der Waals surface area (Å²) in [6.07, 6.45) is 4.90. The molecule has 2 aliphatic rings. The average Bonchev–Trinajstić information content (AvgIpc) is 2.80. The van der Waals surface area contributed by atoms with Gasteiger partial charge in [0.15, 0.2) is 5.82 Å². The van der Waals surface area contributed by atoms with Crippen molar-refractivity contribution in [2.75, 3.05) is 37.7 Å². The number of morpholine rings is 1. The van der Waals surface area contributed by atoms with Crippen LogP contribution in [-0.2, 0) is 24.2 Å². The molecule has 6 nitrogen and oxygen atoms in total. The molecule has 1 aromatic carbocycles. The molecule has 4 heterocycles. The second-order valence-electron chi connectivity index (χ2n) is 7.76. The van der Waals surface area contributed by atoms with E-state index < -0.39 is 0 Å². The summed E-state index contributed by atoms with van der Waals surface area (Å²) in [5, 5.41) is 0.722. The standard InChI is InChI=1S/C23H24ClN5O/c24-20-4-2-18(3-5-20)23-26-14-19-16-28(8-7-21(19)27-23)15-17-1-6-22(25-13-17)29-9-11-30-12-10-29/h1-6,13-14H,7-12,15-16H2. The SMILES string of the molecule is Clc1ccc(-c2ncc3c(n2)CCN(Cc2ccc(N4CCOCC4)nc2)C3)cc1. The van der Waals surface area contributed by atoms with E-state index in [4.69, 9.17) is 21.3 Å². The molecule has 30 heavy (non-hydrogen) atoms. The lowest BCUT2D eigenvalue weighted by Crippen LogP contribution is -2.36. The van der Waals surface area contributed by atoms with Crippen LogP contribution >= 0.6 is 11.6 Å². The summed E-state index contributed by atoms with van der Waals surface area (Å²) in [5.41, 5.74) is 4.58. The van der Waals surface area contributed by atoms with Gasteiger partial charge in [0.25, 0.3) is 0 Å². The number of hydrogen-bond donors (Lipinski definition) is 0. The Morgan fingerprint density at radius 3 is 2.53 bits per heavy atom. The Kier molecular flexibility index (Phi) is 5.62. The molecule has 0 unspecified atom stereocenters. The van der Waals surface area contributed by atoms with Crippen molar-refractivity contribution < 1.29 is 4.74 Å². The van der Waals surface area contributed by atoms with Crippen molar-refractivity contribution in [3.05, 3.63) is 70.6 Å². The van der Waals surface area contributed by atoms with Gasteiger partial charge in [0, 0.05) is 67.7 Å². The highest BCUT2D eigenvalue weighted by Crippen LogP contribution is 2.23. The van der Waals surface area contributed by atoms with Crippen LogP contribution in [0, 0.1) is 0 Å². The fourth-order valence-electron chi connectivity index (χ4n) is 4.00. The predicted molar refractivity (Wildman–Crippen MR) is 118 cm³/mol. The number of rotatable bonds is 4. The maximum absolute atomic E-state index is 5.99. The molecule has 0 radical (unpaired) electrons. The molecule has 0 N–H and O–H groups in total. The summed E-state index contributed by atoms with van der Waals surface area (Å²) in [6, 6.07) is 12.0. The third-order valence-corrected chi connectivity index (χ3v) is 5.92. The van der Waals surface area contributed by atoms with Gasteiger partial charge in [-0.2, -0.15) is 0 Å².